The third kappa shape index (κ3) is 2.40. The Kier molecular flexibility index (Phi) is 4.31. The molecule has 3 saturated carbocycles. The van der Waals surface area contributed by atoms with Crippen LogP contribution in [0.1, 0.15) is 65.7 Å². The van der Waals surface area contributed by atoms with Gasteiger partial charge in [0.25, 0.3) is 0 Å². The molecule has 4 aliphatic rings. The van der Waals surface area contributed by atoms with Gasteiger partial charge in [-0.05, 0) is 83.8 Å². The number of aliphatic hydroxyl groups is 1. The molecule has 0 bridgehead atoms. The third-order valence-electron chi connectivity index (χ3n) is 8.86. The van der Waals surface area contributed by atoms with Crippen molar-refractivity contribution in [3.8, 4) is 0 Å². The highest BCUT2D eigenvalue weighted by molar-refractivity contribution is 14.1. The van der Waals surface area contributed by atoms with Gasteiger partial charge in [-0.2, -0.15) is 0 Å². The first kappa shape index (κ1) is 18.2. The Morgan fingerprint density at radius 2 is 1.92 bits per heavy atom. The van der Waals surface area contributed by atoms with E-state index in [1.165, 1.54) is 12.0 Å². The number of hydrogen-bond acceptors (Lipinski definition) is 2. The second kappa shape index (κ2) is 5.92. The lowest BCUT2D eigenvalue weighted by atomic mass is 9.44. The largest absolute Gasteiger partial charge is 0.385 e. The number of allylic oxidation sites excluding steroid dienone is 1. The van der Waals surface area contributed by atoms with E-state index in [4.69, 9.17) is 0 Å². The summed E-state index contributed by atoms with van der Waals surface area (Å²) >= 11 is 2.25. The minimum atomic E-state index is -0.636. The van der Waals surface area contributed by atoms with Crippen molar-refractivity contribution in [3.63, 3.8) is 0 Å². The van der Waals surface area contributed by atoms with Crippen LogP contribution in [0, 0.1) is 34.5 Å². The van der Waals surface area contributed by atoms with Gasteiger partial charge in [-0.25, -0.2) is 0 Å². The maximum absolute atomic E-state index is 12.0. The average Bonchev–Trinajstić information content (AvgIpc) is 2.81. The van der Waals surface area contributed by atoms with Crippen molar-refractivity contribution in [2.45, 2.75) is 71.3 Å². The molecule has 0 radical (unpaired) electrons. The number of rotatable bonds is 1. The number of hydrogen-bond donors (Lipinski definition) is 1. The standard InChI is InChI=1S/C22H31IO2/c1-14-12-15-13-16(24)4-7-20(15,2)17-5-8-21(3)18(19(14)17)6-9-22(21,25)10-11-23/h10-11,13-14,17-19,25H,4-9,12H2,1-3H3/b11-10-/t14-,17+,18+,19-,20+,21+,22-/m1/s1. The predicted octanol–water partition coefficient (Wildman–Crippen LogP) is 5.44. The monoisotopic (exact) mass is 454 g/mol. The molecule has 2 nitrogen and oxygen atoms in total. The van der Waals surface area contributed by atoms with Crippen LogP contribution in [0.15, 0.2) is 21.8 Å². The normalized spacial score (nSPS) is 52.5. The van der Waals surface area contributed by atoms with E-state index in [9.17, 15) is 9.90 Å². The van der Waals surface area contributed by atoms with Crippen molar-refractivity contribution < 1.29 is 9.90 Å². The van der Waals surface area contributed by atoms with Crippen LogP contribution in [0.4, 0.5) is 0 Å². The summed E-state index contributed by atoms with van der Waals surface area (Å²) in [5.74, 6) is 2.92. The second-order valence-corrected chi connectivity index (χ2v) is 10.5. The van der Waals surface area contributed by atoms with Gasteiger partial charge in [0.1, 0.15) is 0 Å². The van der Waals surface area contributed by atoms with Gasteiger partial charge in [-0.1, -0.05) is 48.9 Å². The topological polar surface area (TPSA) is 37.3 Å². The van der Waals surface area contributed by atoms with Crippen LogP contribution in [0.3, 0.4) is 0 Å². The molecule has 138 valence electrons. The van der Waals surface area contributed by atoms with Crippen LogP contribution >= 0.6 is 22.6 Å². The van der Waals surface area contributed by atoms with Crippen molar-refractivity contribution in [2.24, 2.45) is 34.5 Å². The van der Waals surface area contributed by atoms with Gasteiger partial charge in [0.2, 0.25) is 0 Å². The maximum Gasteiger partial charge on any atom is 0.155 e. The van der Waals surface area contributed by atoms with Gasteiger partial charge >= 0.3 is 0 Å². The van der Waals surface area contributed by atoms with Crippen molar-refractivity contribution in [2.75, 3.05) is 0 Å². The number of carbonyl (C=O) groups is 1. The summed E-state index contributed by atoms with van der Waals surface area (Å²) in [7, 11) is 0. The molecule has 4 rings (SSSR count). The Labute approximate surface area is 165 Å². The SMILES string of the molecule is C[C@@H]1CC2=CC(=O)CC[C@]2(C)[C@H]2CC[C@@]3(C)[C@@H](CC[C@@]3(O)/C=C\I)[C@H]12. The molecule has 3 fully saturated rings. The molecule has 1 N–H and O–H groups in total. The molecule has 0 saturated heterocycles. The van der Waals surface area contributed by atoms with E-state index >= 15 is 0 Å². The number of ketones is 1. The third-order valence-corrected chi connectivity index (χ3v) is 9.22. The highest BCUT2D eigenvalue weighted by Crippen LogP contribution is 2.68. The highest BCUT2D eigenvalue weighted by Gasteiger charge is 2.64. The van der Waals surface area contributed by atoms with Gasteiger partial charge < -0.3 is 5.11 Å². The molecule has 0 heterocycles. The van der Waals surface area contributed by atoms with Crippen molar-refractivity contribution in [1.82, 2.24) is 0 Å². The molecular formula is C22H31IO2. The zero-order valence-corrected chi connectivity index (χ0v) is 17.9. The molecule has 0 aromatic heterocycles. The lowest BCUT2D eigenvalue weighted by Gasteiger charge is -2.60. The molecule has 4 aliphatic carbocycles. The van der Waals surface area contributed by atoms with E-state index in [2.05, 4.69) is 49.4 Å². The van der Waals surface area contributed by atoms with E-state index < -0.39 is 5.60 Å². The van der Waals surface area contributed by atoms with E-state index in [0.29, 0.717) is 29.5 Å². The summed E-state index contributed by atoms with van der Waals surface area (Å²) in [4.78, 5) is 12.0. The molecule has 7 atom stereocenters. The molecule has 0 aliphatic heterocycles. The highest BCUT2D eigenvalue weighted by atomic mass is 127. The fraction of sp³-hybridized carbons (Fsp3) is 0.773. The Balaban J connectivity index is 1.73. The molecule has 25 heavy (non-hydrogen) atoms. The van der Waals surface area contributed by atoms with Crippen LogP contribution in [0.2, 0.25) is 0 Å². The molecule has 0 unspecified atom stereocenters. The van der Waals surface area contributed by atoms with E-state index in [-0.39, 0.29) is 10.8 Å². The Morgan fingerprint density at radius 1 is 1.20 bits per heavy atom. The number of fused-ring (bicyclic) bond motifs is 5. The van der Waals surface area contributed by atoms with Crippen LogP contribution in [-0.4, -0.2) is 16.5 Å². The van der Waals surface area contributed by atoms with Crippen molar-refractivity contribution >= 4 is 28.4 Å². The second-order valence-electron chi connectivity index (χ2n) is 9.74. The lowest BCUT2D eigenvalue weighted by molar-refractivity contribution is -0.125. The lowest BCUT2D eigenvalue weighted by Crippen LogP contribution is -2.56. The summed E-state index contributed by atoms with van der Waals surface area (Å²) in [6, 6.07) is 0. The van der Waals surface area contributed by atoms with Crippen LogP contribution in [0.25, 0.3) is 0 Å². The van der Waals surface area contributed by atoms with Crippen LogP contribution in [0.5, 0.6) is 0 Å². The predicted molar refractivity (Wildman–Crippen MR) is 109 cm³/mol. The Morgan fingerprint density at radius 3 is 2.64 bits per heavy atom. The van der Waals surface area contributed by atoms with E-state index in [0.717, 1.165) is 38.5 Å². The smallest absolute Gasteiger partial charge is 0.155 e. The quantitative estimate of drug-likeness (QED) is 0.536. The van der Waals surface area contributed by atoms with E-state index in [1.54, 1.807) is 0 Å². The first-order chi connectivity index (χ1) is 11.7. The molecule has 0 aromatic rings. The van der Waals surface area contributed by atoms with Crippen molar-refractivity contribution in [1.29, 1.82) is 0 Å². The maximum atomic E-state index is 12.0. The zero-order valence-electron chi connectivity index (χ0n) is 15.7. The number of halogens is 1. The first-order valence-corrected chi connectivity index (χ1v) is 11.2. The van der Waals surface area contributed by atoms with Crippen LogP contribution in [-0.2, 0) is 4.79 Å². The van der Waals surface area contributed by atoms with Crippen molar-refractivity contribution in [3.05, 3.63) is 21.8 Å². The minimum absolute atomic E-state index is 0.00611. The summed E-state index contributed by atoms with van der Waals surface area (Å²) in [6.45, 7) is 7.18. The number of carbonyl (C=O) groups excluding carboxylic acids is 1. The van der Waals surface area contributed by atoms with Gasteiger partial charge in [-0.15, -0.1) is 0 Å². The fourth-order valence-electron chi connectivity index (χ4n) is 7.34. The summed E-state index contributed by atoms with van der Waals surface area (Å²) in [6.07, 6.45) is 11.3. The zero-order chi connectivity index (χ0) is 18.0. The molecular weight excluding hydrogens is 423 g/mol. The summed E-state index contributed by atoms with van der Waals surface area (Å²) in [5.41, 5.74) is 1.02. The van der Waals surface area contributed by atoms with Crippen LogP contribution < -0.4 is 0 Å². The molecule has 3 heteroatoms. The van der Waals surface area contributed by atoms with E-state index in [1.807, 2.05) is 10.2 Å². The van der Waals surface area contributed by atoms with Gasteiger partial charge in [0, 0.05) is 11.8 Å². The van der Waals surface area contributed by atoms with Gasteiger partial charge in [-0.3, -0.25) is 4.79 Å². The first-order valence-electron chi connectivity index (χ1n) is 9.99. The summed E-state index contributed by atoms with van der Waals surface area (Å²) in [5, 5.41) is 11.4. The average molecular weight is 454 g/mol. The molecule has 0 spiro atoms. The van der Waals surface area contributed by atoms with Gasteiger partial charge in [0.15, 0.2) is 5.78 Å². The Hall–Kier alpha value is -0.160. The fourth-order valence-corrected chi connectivity index (χ4v) is 7.93. The Bertz CT molecular complexity index is 652. The molecule has 0 aromatic carbocycles. The molecule has 0 amide bonds. The minimum Gasteiger partial charge on any atom is -0.385 e. The summed E-state index contributed by atoms with van der Waals surface area (Å²) < 4.78 is 2.01. The van der Waals surface area contributed by atoms with Gasteiger partial charge in [0.05, 0.1) is 5.60 Å².